The fourth-order valence-corrected chi connectivity index (χ4v) is 3.94. The summed E-state index contributed by atoms with van der Waals surface area (Å²) in [7, 11) is -0.211. The normalized spacial score (nSPS) is 20.8. The second-order valence-electron chi connectivity index (χ2n) is 8.91. The molecule has 1 aliphatic heterocycles. The summed E-state index contributed by atoms with van der Waals surface area (Å²) in [5.74, 6) is 1.64. The molecule has 1 aromatic heterocycles. The lowest BCUT2D eigenvalue weighted by molar-refractivity contribution is 0.00578. The Bertz CT molecular complexity index is 505. The highest BCUT2D eigenvalue weighted by Crippen LogP contribution is 2.37. The molecular weight excluding hydrogens is 315 g/mol. The molecule has 0 spiro atoms. The molecule has 1 unspecified atom stereocenters. The summed E-state index contributed by atoms with van der Waals surface area (Å²) in [5, 5.41) is 2.28. The quantitative estimate of drug-likeness (QED) is 0.581. The van der Waals surface area contributed by atoms with Gasteiger partial charge in [0.25, 0.3) is 0 Å². The van der Waals surface area contributed by atoms with Crippen LogP contribution in [0.2, 0.25) is 0 Å². The molecule has 0 saturated carbocycles. The van der Waals surface area contributed by atoms with Crippen molar-refractivity contribution >= 4 is 23.2 Å². The minimum Gasteiger partial charge on any atom is -0.399 e. The van der Waals surface area contributed by atoms with E-state index in [9.17, 15) is 0 Å². The van der Waals surface area contributed by atoms with Gasteiger partial charge in [0, 0.05) is 4.78 Å². The van der Waals surface area contributed by atoms with Gasteiger partial charge in [0.1, 0.15) is 0 Å². The molecule has 1 atom stereocenters. The van der Waals surface area contributed by atoms with E-state index in [1.165, 1.54) is 42.4 Å². The van der Waals surface area contributed by atoms with Crippen LogP contribution in [0.3, 0.4) is 0 Å². The van der Waals surface area contributed by atoms with Crippen LogP contribution >= 0.6 is 11.3 Å². The standard InChI is InChI=1S/C20H35BO2S/c1-15(2)9-8-10-16(3)11-12-17-13-18(24-14-17)21-22-19(4,5)20(6,7)23-21/h13-16H,8-12H2,1-7H3. The first-order valence-electron chi connectivity index (χ1n) is 9.53. The number of thiophene rings is 1. The minimum absolute atomic E-state index is 0.211. The molecule has 1 aliphatic rings. The molecular formula is C20H35BO2S. The van der Waals surface area contributed by atoms with Crippen LogP contribution in [-0.2, 0) is 15.7 Å². The Balaban J connectivity index is 1.82. The van der Waals surface area contributed by atoms with Crippen molar-refractivity contribution in [3.05, 3.63) is 17.0 Å². The van der Waals surface area contributed by atoms with E-state index in [4.69, 9.17) is 9.31 Å². The van der Waals surface area contributed by atoms with E-state index < -0.39 is 0 Å². The third-order valence-electron chi connectivity index (χ3n) is 5.56. The summed E-state index contributed by atoms with van der Waals surface area (Å²) in [6.45, 7) is 15.5. The molecule has 2 heterocycles. The third-order valence-corrected chi connectivity index (χ3v) is 6.57. The van der Waals surface area contributed by atoms with Crippen LogP contribution in [0.4, 0.5) is 0 Å². The predicted molar refractivity (Wildman–Crippen MR) is 106 cm³/mol. The second-order valence-corrected chi connectivity index (χ2v) is 9.86. The number of rotatable bonds is 8. The van der Waals surface area contributed by atoms with E-state index in [-0.39, 0.29) is 18.3 Å². The van der Waals surface area contributed by atoms with Crippen molar-refractivity contribution in [2.75, 3.05) is 0 Å². The highest BCUT2D eigenvalue weighted by Gasteiger charge is 2.52. The Labute approximate surface area is 153 Å². The molecule has 0 N–H and O–H groups in total. The molecule has 136 valence electrons. The first kappa shape index (κ1) is 20.0. The average Bonchev–Trinajstić information content (AvgIpc) is 2.99. The largest absolute Gasteiger partial charge is 0.505 e. The molecule has 1 fully saturated rings. The maximum absolute atomic E-state index is 6.15. The molecule has 2 rings (SSSR count). The first-order valence-corrected chi connectivity index (χ1v) is 10.4. The molecule has 0 aromatic carbocycles. The highest BCUT2D eigenvalue weighted by molar-refractivity contribution is 7.20. The topological polar surface area (TPSA) is 18.5 Å². The van der Waals surface area contributed by atoms with E-state index in [2.05, 4.69) is 59.9 Å². The molecule has 2 nitrogen and oxygen atoms in total. The van der Waals surface area contributed by atoms with Crippen molar-refractivity contribution < 1.29 is 9.31 Å². The predicted octanol–water partition coefficient (Wildman–Crippen LogP) is 5.44. The van der Waals surface area contributed by atoms with Gasteiger partial charge in [-0.25, -0.2) is 0 Å². The van der Waals surface area contributed by atoms with E-state index in [0.29, 0.717) is 0 Å². The van der Waals surface area contributed by atoms with Crippen molar-refractivity contribution in [3.8, 4) is 0 Å². The van der Waals surface area contributed by atoms with Crippen LogP contribution in [0.5, 0.6) is 0 Å². The van der Waals surface area contributed by atoms with Crippen LogP contribution in [0, 0.1) is 11.8 Å². The van der Waals surface area contributed by atoms with Crippen LogP contribution < -0.4 is 4.78 Å². The van der Waals surface area contributed by atoms with Crippen LogP contribution in [0.15, 0.2) is 11.4 Å². The molecule has 1 saturated heterocycles. The average molecular weight is 350 g/mol. The lowest BCUT2D eigenvalue weighted by Crippen LogP contribution is -2.41. The van der Waals surface area contributed by atoms with Gasteiger partial charge < -0.3 is 9.31 Å². The van der Waals surface area contributed by atoms with E-state index in [1.54, 1.807) is 11.3 Å². The Hall–Kier alpha value is -0.315. The molecule has 0 amide bonds. The van der Waals surface area contributed by atoms with Gasteiger partial charge in [-0.05, 0) is 69.4 Å². The van der Waals surface area contributed by atoms with Crippen molar-refractivity contribution in [2.45, 2.75) is 91.8 Å². The summed E-state index contributed by atoms with van der Waals surface area (Å²) in [6, 6.07) is 2.29. The zero-order chi connectivity index (χ0) is 18.0. The molecule has 1 aromatic rings. The zero-order valence-electron chi connectivity index (χ0n) is 16.6. The highest BCUT2D eigenvalue weighted by atomic mass is 32.1. The number of hydrogen-bond acceptors (Lipinski definition) is 3. The van der Waals surface area contributed by atoms with Gasteiger partial charge in [-0.2, -0.15) is 11.3 Å². The van der Waals surface area contributed by atoms with Crippen LogP contribution in [0.1, 0.15) is 79.7 Å². The molecule has 4 heteroatoms. The van der Waals surface area contributed by atoms with Gasteiger partial charge in [0.15, 0.2) is 0 Å². The first-order chi connectivity index (χ1) is 11.1. The lowest BCUT2D eigenvalue weighted by atomic mass is 9.87. The summed E-state index contributed by atoms with van der Waals surface area (Å²) in [5.41, 5.74) is 0.917. The molecule has 0 aliphatic carbocycles. The maximum atomic E-state index is 6.15. The van der Waals surface area contributed by atoms with E-state index >= 15 is 0 Å². The molecule has 0 radical (unpaired) electrons. The zero-order valence-corrected chi connectivity index (χ0v) is 17.5. The molecule has 24 heavy (non-hydrogen) atoms. The van der Waals surface area contributed by atoms with Gasteiger partial charge in [0.2, 0.25) is 0 Å². The summed E-state index contributed by atoms with van der Waals surface area (Å²) >= 11 is 1.77. The van der Waals surface area contributed by atoms with Crippen molar-refractivity contribution in [1.82, 2.24) is 0 Å². The van der Waals surface area contributed by atoms with E-state index in [0.717, 1.165) is 11.8 Å². The fraction of sp³-hybridized carbons (Fsp3) is 0.800. The molecule has 0 bridgehead atoms. The van der Waals surface area contributed by atoms with E-state index in [1.807, 2.05) is 0 Å². The van der Waals surface area contributed by atoms with Crippen molar-refractivity contribution in [1.29, 1.82) is 0 Å². The number of hydrogen-bond donors (Lipinski definition) is 0. The summed E-state index contributed by atoms with van der Waals surface area (Å²) < 4.78 is 13.5. The third kappa shape index (κ3) is 5.09. The summed E-state index contributed by atoms with van der Waals surface area (Å²) in [6.07, 6.45) is 6.51. The van der Waals surface area contributed by atoms with Crippen LogP contribution in [-0.4, -0.2) is 18.3 Å². The monoisotopic (exact) mass is 350 g/mol. The SMILES string of the molecule is CC(C)CCCC(C)CCc1csc(B2OC(C)(C)C(C)(C)O2)c1. The minimum atomic E-state index is -0.257. The maximum Gasteiger partial charge on any atom is 0.505 e. The fourth-order valence-electron chi connectivity index (χ4n) is 3.04. The van der Waals surface area contributed by atoms with Crippen molar-refractivity contribution in [2.24, 2.45) is 11.8 Å². The lowest BCUT2D eigenvalue weighted by Gasteiger charge is -2.32. The Morgan fingerprint density at radius 2 is 1.62 bits per heavy atom. The second kappa shape index (κ2) is 7.93. The number of aryl methyl sites for hydroxylation is 1. The van der Waals surface area contributed by atoms with Crippen LogP contribution in [0.25, 0.3) is 0 Å². The van der Waals surface area contributed by atoms with Gasteiger partial charge >= 0.3 is 7.12 Å². The van der Waals surface area contributed by atoms with Crippen molar-refractivity contribution in [3.63, 3.8) is 0 Å². The Morgan fingerprint density at radius 3 is 2.21 bits per heavy atom. The Morgan fingerprint density at radius 1 is 1.00 bits per heavy atom. The smallest absolute Gasteiger partial charge is 0.399 e. The van der Waals surface area contributed by atoms with Gasteiger partial charge in [-0.3, -0.25) is 0 Å². The van der Waals surface area contributed by atoms with Gasteiger partial charge in [-0.1, -0.05) is 40.0 Å². The summed E-state index contributed by atoms with van der Waals surface area (Å²) in [4.78, 5) is 0. The van der Waals surface area contributed by atoms with Gasteiger partial charge in [-0.15, -0.1) is 0 Å². The Kier molecular flexibility index (Phi) is 6.61. The van der Waals surface area contributed by atoms with Gasteiger partial charge in [0.05, 0.1) is 11.2 Å².